The molecule has 108 valence electrons. The lowest BCUT2D eigenvalue weighted by molar-refractivity contribution is 0.386. The molecule has 0 bridgehead atoms. The van der Waals surface area contributed by atoms with Crippen molar-refractivity contribution in [3.63, 3.8) is 0 Å². The van der Waals surface area contributed by atoms with E-state index in [0.717, 1.165) is 0 Å². The fourth-order valence-corrected chi connectivity index (χ4v) is 2.02. The van der Waals surface area contributed by atoms with Crippen molar-refractivity contribution in [2.45, 2.75) is 0 Å². The van der Waals surface area contributed by atoms with Crippen LogP contribution in [0.1, 0.15) is 0 Å². The summed E-state index contributed by atoms with van der Waals surface area (Å²) in [7, 11) is 3.21. The van der Waals surface area contributed by atoms with E-state index < -0.39 is 5.82 Å². The van der Waals surface area contributed by atoms with E-state index in [-0.39, 0.29) is 5.75 Å². The molecular formula is C14H14FN5O. The van der Waals surface area contributed by atoms with Crippen LogP contribution >= 0.6 is 0 Å². The van der Waals surface area contributed by atoms with Crippen molar-refractivity contribution < 1.29 is 9.13 Å². The second kappa shape index (κ2) is 5.28. The number of hydrogen-bond donors (Lipinski definition) is 2. The predicted octanol–water partition coefficient (Wildman–Crippen LogP) is 2.66. The van der Waals surface area contributed by atoms with Crippen molar-refractivity contribution in [2.24, 2.45) is 0 Å². The first kappa shape index (κ1) is 13.2. The van der Waals surface area contributed by atoms with Crippen LogP contribution in [0.5, 0.6) is 5.75 Å². The second-order valence-electron chi connectivity index (χ2n) is 4.36. The van der Waals surface area contributed by atoms with Gasteiger partial charge in [0.15, 0.2) is 23.0 Å². The summed E-state index contributed by atoms with van der Waals surface area (Å²) in [4.78, 5) is 8.64. The Balaban J connectivity index is 2.01. The zero-order chi connectivity index (χ0) is 14.8. The molecule has 7 heteroatoms. The Morgan fingerprint density at radius 3 is 2.90 bits per heavy atom. The number of benzene rings is 1. The molecule has 6 nitrogen and oxygen atoms in total. The van der Waals surface area contributed by atoms with Crippen LogP contribution in [0.25, 0.3) is 5.65 Å². The summed E-state index contributed by atoms with van der Waals surface area (Å²) in [5.74, 6) is 0.975. The maximum Gasteiger partial charge on any atom is 0.180 e. The summed E-state index contributed by atoms with van der Waals surface area (Å²) in [5.41, 5.74) is 1.23. The van der Waals surface area contributed by atoms with Gasteiger partial charge in [-0.25, -0.2) is 14.4 Å². The number of imidazole rings is 1. The highest BCUT2D eigenvalue weighted by Crippen LogP contribution is 2.25. The molecule has 0 aliphatic carbocycles. The maximum atomic E-state index is 13.7. The molecule has 0 spiro atoms. The summed E-state index contributed by atoms with van der Waals surface area (Å²) < 4.78 is 20.5. The highest BCUT2D eigenvalue weighted by Gasteiger charge is 2.09. The number of fused-ring (bicyclic) bond motifs is 1. The van der Waals surface area contributed by atoms with Gasteiger partial charge in [-0.15, -0.1) is 0 Å². The summed E-state index contributed by atoms with van der Waals surface area (Å²) >= 11 is 0. The van der Waals surface area contributed by atoms with Crippen molar-refractivity contribution in [3.05, 3.63) is 42.6 Å². The van der Waals surface area contributed by atoms with Crippen molar-refractivity contribution in [2.75, 3.05) is 24.8 Å². The van der Waals surface area contributed by atoms with Gasteiger partial charge in [-0.2, -0.15) is 0 Å². The van der Waals surface area contributed by atoms with E-state index in [1.807, 2.05) is 16.8 Å². The Morgan fingerprint density at radius 1 is 1.33 bits per heavy atom. The number of methoxy groups -OCH3 is 1. The molecular weight excluding hydrogens is 273 g/mol. The number of anilines is 3. The van der Waals surface area contributed by atoms with Crippen LogP contribution in [0.3, 0.4) is 0 Å². The number of nitrogens with one attached hydrogen (secondary N) is 2. The second-order valence-corrected chi connectivity index (χ2v) is 4.36. The Hall–Kier alpha value is -2.83. The third-order valence-electron chi connectivity index (χ3n) is 3.04. The minimum atomic E-state index is -0.438. The molecule has 21 heavy (non-hydrogen) atoms. The molecule has 3 rings (SSSR count). The molecule has 0 amide bonds. The van der Waals surface area contributed by atoms with Gasteiger partial charge in [0.05, 0.1) is 13.3 Å². The summed E-state index contributed by atoms with van der Waals surface area (Å²) in [6.45, 7) is 0. The maximum absolute atomic E-state index is 13.7. The van der Waals surface area contributed by atoms with Crippen LogP contribution in [0.2, 0.25) is 0 Å². The van der Waals surface area contributed by atoms with Gasteiger partial charge in [0.1, 0.15) is 5.82 Å². The standard InChI is InChI=1S/C14H14FN5O/c1-16-12-8-20-6-5-17-14(20)13(19-12)18-9-3-4-11(21-2)10(15)7-9/h3-8,16H,1-2H3,(H,18,19). The van der Waals surface area contributed by atoms with E-state index in [0.29, 0.717) is 23.0 Å². The predicted molar refractivity (Wildman–Crippen MR) is 78.8 cm³/mol. The number of rotatable bonds is 4. The van der Waals surface area contributed by atoms with Crippen molar-refractivity contribution in [1.82, 2.24) is 14.4 Å². The van der Waals surface area contributed by atoms with E-state index in [1.165, 1.54) is 13.2 Å². The van der Waals surface area contributed by atoms with Crippen LogP contribution in [0.4, 0.5) is 21.7 Å². The topological polar surface area (TPSA) is 63.5 Å². The first-order chi connectivity index (χ1) is 10.2. The molecule has 0 radical (unpaired) electrons. The van der Waals surface area contributed by atoms with Gasteiger partial charge in [-0.05, 0) is 12.1 Å². The first-order valence-corrected chi connectivity index (χ1v) is 6.33. The third-order valence-corrected chi connectivity index (χ3v) is 3.04. The van der Waals surface area contributed by atoms with Gasteiger partial charge in [-0.3, -0.25) is 0 Å². The van der Waals surface area contributed by atoms with Crippen LogP contribution in [0, 0.1) is 5.82 Å². The van der Waals surface area contributed by atoms with E-state index in [1.54, 1.807) is 25.4 Å². The fourth-order valence-electron chi connectivity index (χ4n) is 2.02. The normalized spacial score (nSPS) is 10.6. The Kier molecular flexibility index (Phi) is 3.31. The number of hydrogen-bond acceptors (Lipinski definition) is 5. The Bertz CT molecular complexity index is 786. The molecule has 0 aliphatic rings. The molecule has 2 N–H and O–H groups in total. The number of aromatic nitrogens is 3. The van der Waals surface area contributed by atoms with Crippen LogP contribution < -0.4 is 15.4 Å². The minimum absolute atomic E-state index is 0.198. The molecule has 0 aliphatic heterocycles. The van der Waals surface area contributed by atoms with Crippen molar-refractivity contribution in [3.8, 4) is 5.75 Å². The van der Waals surface area contributed by atoms with E-state index in [4.69, 9.17) is 4.74 Å². The van der Waals surface area contributed by atoms with Crippen LogP contribution in [-0.4, -0.2) is 28.5 Å². The van der Waals surface area contributed by atoms with Gasteiger partial charge < -0.3 is 19.8 Å². The highest BCUT2D eigenvalue weighted by atomic mass is 19.1. The smallest absolute Gasteiger partial charge is 0.180 e. The summed E-state index contributed by atoms with van der Waals surface area (Å²) in [6, 6.07) is 4.63. The monoisotopic (exact) mass is 287 g/mol. The highest BCUT2D eigenvalue weighted by molar-refractivity contribution is 5.71. The van der Waals surface area contributed by atoms with E-state index in [2.05, 4.69) is 20.6 Å². The first-order valence-electron chi connectivity index (χ1n) is 6.33. The van der Waals surface area contributed by atoms with Gasteiger partial charge in [0, 0.05) is 31.2 Å². The number of nitrogens with zero attached hydrogens (tertiary/aromatic N) is 3. The number of ether oxygens (including phenoxy) is 1. The fraction of sp³-hybridized carbons (Fsp3) is 0.143. The summed E-state index contributed by atoms with van der Waals surface area (Å²) in [6.07, 6.45) is 5.32. The molecule has 0 fully saturated rings. The molecule has 1 aromatic carbocycles. The Labute approximate surface area is 120 Å². The van der Waals surface area contributed by atoms with E-state index in [9.17, 15) is 4.39 Å². The van der Waals surface area contributed by atoms with Gasteiger partial charge in [0.25, 0.3) is 0 Å². The zero-order valence-electron chi connectivity index (χ0n) is 11.6. The molecule has 0 atom stereocenters. The Morgan fingerprint density at radius 2 is 2.19 bits per heavy atom. The lowest BCUT2D eigenvalue weighted by Crippen LogP contribution is -2.02. The third kappa shape index (κ3) is 2.45. The molecule has 0 unspecified atom stereocenters. The van der Waals surface area contributed by atoms with Crippen LogP contribution in [-0.2, 0) is 0 Å². The molecule has 2 aromatic heterocycles. The van der Waals surface area contributed by atoms with Gasteiger partial charge in [-0.1, -0.05) is 0 Å². The van der Waals surface area contributed by atoms with Gasteiger partial charge in [0.2, 0.25) is 0 Å². The average Bonchev–Trinajstić information content (AvgIpc) is 2.96. The van der Waals surface area contributed by atoms with Gasteiger partial charge >= 0.3 is 0 Å². The minimum Gasteiger partial charge on any atom is -0.494 e. The molecule has 3 aromatic rings. The molecule has 0 saturated heterocycles. The quantitative estimate of drug-likeness (QED) is 0.772. The molecule has 2 heterocycles. The van der Waals surface area contributed by atoms with Crippen molar-refractivity contribution in [1.29, 1.82) is 0 Å². The lowest BCUT2D eigenvalue weighted by atomic mass is 10.3. The summed E-state index contributed by atoms with van der Waals surface area (Å²) in [5, 5.41) is 6.04. The van der Waals surface area contributed by atoms with Crippen LogP contribution in [0.15, 0.2) is 36.8 Å². The largest absolute Gasteiger partial charge is 0.494 e. The number of halogens is 1. The zero-order valence-corrected chi connectivity index (χ0v) is 11.6. The lowest BCUT2D eigenvalue weighted by Gasteiger charge is -2.10. The van der Waals surface area contributed by atoms with E-state index >= 15 is 0 Å². The average molecular weight is 287 g/mol. The van der Waals surface area contributed by atoms with Crippen molar-refractivity contribution >= 4 is 23.0 Å². The SMILES string of the molecule is CNc1cn2ccnc2c(Nc2ccc(OC)c(F)c2)n1. The molecule has 0 saturated carbocycles.